The molecule has 0 saturated heterocycles. The lowest BCUT2D eigenvalue weighted by atomic mass is 10.0. The average molecular weight is 233 g/mol. The molecule has 0 unspecified atom stereocenters. The minimum atomic E-state index is -0.610. The van der Waals surface area contributed by atoms with E-state index >= 15 is 0 Å². The van der Waals surface area contributed by atoms with E-state index in [2.05, 4.69) is 5.32 Å². The minimum absolute atomic E-state index is 0.323. The van der Waals surface area contributed by atoms with E-state index in [9.17, 15) is 13.6 Å². The lowest BCUT2D eigenvalue weighted by molar-refractivity contribution is -0.105. The highest BCUT2D eigenvalue weighted by Crippen LogP contribution is 2.24. The van der Waals surface area contributed by atoms with Crippen LogP contribution >= 0.6 is 0 Å². The molecule has 1 N–H and O–H groups in total. The molecule has 0 radical (unpaired) electrons. The number of hydrogen-bond acceptors (Lipinski definition) is 1. The molecule has 0 heterocycles. The first-order valence-corrected chi connectivity index (χ1v) is 4.96. The van der Waals surface area contributed by atoms with Crippen LogP contribution in [0.2, 0.25) is 0 Å². The van der Waals surface area contributed by atoms with E-state index in [-0.39, 0.29) is 0 Å². The van der Waals surface area contributed by atoms with Crippen LogP contribution in [0.25, 0.3) is 11.1 Å². The molecule has 0 aliphatic rings. The predicted molar refractivity (Wildman–Crippen MR) is 61.5 cm³/mol. The summed E-state index contributed by atoms with van der Waals surface area (Å²) < 4.78 is 26.2. The highest BCUT2D eigenvalue weighted by Gasteiger charge is 2.05. The second-order valence-corrected chi connectivity index (χ2v) is 3.46. The largest absolute Gasteiger partial charge is 0.329 e. The van der Waals surface area contributed by atoms with Crippen LogP contribution in [-0.2, 0) is 4.79 Å². The van der Waals surface area contributed by atoms with Crippen LogP contribution in [0.4, 0.5) is 14.5 Å². The van der Waals surface area contributed by atoms with Gasteiger partial charge in [-0.2, -0.15) is 0 Å². The number of carbonyl (C=O) groups is 1. The summed E-state index contributed by atoms with van der Waals surface area (Å²) in [5, 5.41) is 2.48. The Kier molecular flexibility index (Phi) is 3.14. The summed E-state index contributed by atoms with van der Waals surface area (Å²) >= 11 is 0. The third-order valence-corrected chi connectivity index (χ3v) is 2.35. The Hall–Kier alpha value is -2.23. The molecule has 86 valence electrons. The van der Waals surface area contributed by atoms with E-state index in [1.165, 1.54) is 12.1 Å². The molecule has 2 nitrogen and oxygen atoms in total. The van der Waals surface area contributed by atoms with Gasteiger partial charge in [-0.05, 0) is 29.8 Å². The topological polar surface area (TPSA) is 29.1 Å². The zero-order valence-electron chi connectivity index (χ0n) is 8.78. The van der Waals surface area contributed by atoms with E-state index in [4.69, 9.17) is 0 Å². The molecule has 2 rings (SSSR count). The van der Waals surface area contributed by atoms with Gasteiger partial charge in [0.2, 0.25) is 6.41 Å². The second kappa shape index (κ2) is 4.74. The van der Waals surface area contributed by atoms with Gasteiger partial charge in [0.1, 0.15) is 11.6 Å². The Balaban J connectivity index is 2.36. The maximum absolute atomic E-state index is 13.5. The molecule has 1 amide bonds. The SMILES string of the molecule is O=CNc1ccc(-c2ccc(F)cc2F)cc1. The van der Waals surface area contributed by atoms with Crippen molar-refractivity contribution in [2.45, 2.75) is 0 Å². The van der Waals surface area contributed by atoms with Crippen molar-refractivity contribution in [2.24, 2.45) is 0 Å². The fraction of sp³-hybridized carbons (Fsp3) is 0. The molecule has 4 heteroatoms. The van der Waals surface area contributed by atoms with Crippen LogP contribution < -0.4 is 5.32 Å². The lowest BCUT2D eigenvalue weighted by Gasteiger charge is -2.05. The molecule has 0 aliphatic carbocycles. The highest BCUT2D eigenvalue weighted by atomic mass is 19.1. The molecule has 0 bridgehead atoms. The van der Waals surface area contributed by atoms with Gasteiger partial charge in [-0.1, -0.05) is 12.1 Å². The molecule has 2 aromatic rings. The monoisotopic (exact) mass is 233 g/mol. The van der Waals surface area contributed by atoms with E-state index in [0.717, 1.165) is 6.07 Å². The van der Waals surface area contributed by atoms with Gasteiger partial charge < -0.3 is 5.32 Å². The van der Waals surface area contributed by atoms with Crippen LogP contribution in [-0.4, -0.2) is 6.41 Å². The first-order chi connectivity index (χ1) is 8.20. The molecule has 0 atom stereocenters. The maximum Gasteiger partial charge on any atom is 0.211 e. The number of benzene rings is 2. The van der Waals surface area contributed by atoms with E-state index < -0.39 is 11.6 Å². The van der Waals surface area contributed by atoms with Crippen LogP contribution in [0.5, 0.6) is 0 Å². The van der Waals surface area contributed by atoms with Gasteiger partial charge >= 0.3 is 0 Å². The average Bonchev–Trinajstić information content (AvgIpc) is 2.31. The minimum Gasteiger partial charge on any atom is -0.329 e. The molecular weight excluding hydrogens is 224 g/mol. The molecule has 0 spiro atoms. The summed E-state index contributed by atoms with van der Waals surface area (Å²) in [7, 11) is 0. The van der Waals surface area contributed by atoms with Crippen molar-refractivity contribution in [3.8, 4) is 11.1 Å². The first kappa shape index (κ1) is 11.3. The molecule has 0 fully saturated rings. The van der Waals surface area contributed by atoms with Gasteiger partial charge in [0, 0.05) is 17.3 Å². The quantitative estimate of drug-likeness (QED) is 0.810. The number of hydrogen-bond donors (Lipinski definition) is 1. The van der Waals surface area contributed by atoms with Crippen LogP contribution in [0.3, 0.4) is 0 Å². The molecule has 17 heavy (non-hydrogen) atoms. The lowest BCUT2D eigenvalue weighted by Crippen LogP contribution is -1.93. The third kappa shape index (κ3) is 2.47. The fourth-order valence-corrected chi connectivity index (χ4v) is 1.54. The van der Waals surface area contributed by atoms with Gasteiger partial charge in [-0.25, -0.2) is 8.78 Å². The number of amides is 1. The van der Waals surface area contributed by atoms with Crippen LogP contribution in [0.15, 0.2) is 42.5 Å². The summed E-state index contributed by atoms with van der Waals surface area (Å²) in [6.07, 6.45) is 0.563. The second-order valence-electron chi connectivity index (χ2n) is 3.46. The number of rotatable bonds is 3. The zero-order chi connectivity index (χ0) is 12.3. The Bertz CT molecular complexity index is 538. The summed E-state index contributed by atoms with van der Waals surface area (Å²) in [6, 6.07) is 10.0. The van der Waals surface area contributed by atoms with Gasteiger partial charge in [0.25, 0.3) is 0 Å². The Morgan fingerprint density at radius 3 is 2.29 bits per heavy atom. The number of anilines is 1. The summed E-state index contributed by atoms with van der Waals surface area (Å²) in [5.41, 5.74) is 1.56. The number of halogens is 2. The molecule has 0 aliphatic heterocycles. The Morgan fingerprint density at radius 1 is 1.00 bits per heavy atom. The number of nitrogens with one attached hydrogen (secondary N) is 1. The van der Waals surface area contributed by atoms with Gasteiger partial charge in [-0.15, -0.1) is 0 Å². The van der Waals surface area contributed by atoms with Crippen molar-refractivity contribution in [2.75, 3.05) is 5.32 Å². The standard InChI is InChI=1S/C13H9F2NO/c14-10-3-6-12(13(15)7-10)9-1-4-11(5-2-9)16-8-17/h1-8H,(H,16,17). The smallest absolute Gasteiger partial charge is 0.211 e. The normalized spacial score (nSPS) is 10.0. The van der Waals surface area contributed by atoms with Gasteiger partial charge in [-0.3, -0.25) is 4.79 Å². The van der Waals surface area contributed by atoms with E-state index in [0.29, 0.717) is 23.2 Å². The summed E-state index contributed by atoms with van der Waals surface area (Å²) in [5.74, 6) is -1.22. The predicted octanol–water partition coefficient (Wildman–Crippen LogP) is 3.20. The number of carbonyl (C=O) groups excluding carboxylic acids is 1. The first-order valence-electron chi connectivity index (χ1n) is 4.96. The van der Waals surface area contributed by atoms with E-state index in [1.54, 1.807) is 24.3 Å². The van der Waals surface area contributed by atoms with Crippen molar-refractivity contribution >= 4 is 12.1 Å². The third-order valence-electron chi connectivity index (χ3n) is 2.35. The van der Waals surface area contributed by atoms with Crippen molar-refractivity contribution in [1.82, 2.24) is 0 Å². The molecule has 0 saturated carbocycles. The Morgan fingerprint density at radius 2 is 1.71 bits per heavy atom. The van der Waals surface area contributed by atoms with Crippen LogP contribution in [0.1, 0.15) is 0 Å². The summed E-state index contributed by atoms with van der Waals surface area (Å²) in [6.45, 7) is 0. The zero-order valence-corrected chi connectivity index (χ0v) is 8.78. The summed E-state index contributed by atoms with van der Waals surface area (Å²) in [4.78, 5) is 10.2. The molecular formula is C13H9F2NO. The van der Waals surface area contributed by atoms with Gasteiger partial charge in [0.05, 0.1) is 0 Å². The van der Waals surface area contributed by atoms with Crippen LogP contribution in [0, 0.1) is 11.6 Å². The Labute approximate surface area is 96.9 Å². The van der Waals surface area contributed by atoms with E-state index in [1.807, 2.05) is 0 Å². The van der Waals surface area contributed by atoms with Crippen molar-refractivity contribution in [3.63, 3.8) is 0 Å². The molecule has 0 aromatic heterocycles. The van der Waals surface area contributed by atoms with Crippen molar-refractivity contribution in [1.29, 1.82) is 0 Å². The maximum atomic E-state index is 13.5. The van der Waals surface area contributed by atoms with Gasteiger partial charge in [0.15, 0.2) is 0 Å². The highest BCUT2D eigenvalue weighted by molar-refractivity contribution is 5.74. The van der Waals surface area contributed by atoms with Crippen molar-refractivity contribution in [3.05, 3.63) is 54.1 Å². The molecule has 2 aromatic carbocycles. The fourth-order valence-electron chi connectivity index (χ4n) is 1.54. The van der Waals surface area contributed by atoms with Crippen molar-refractivity contribution < 1.29 is 13.6 Å².